The zero-order valence-electron chi connectivity index (χ0n) is 8.93. The molecule has 1 amide bonds. The fourth-order valence-corrected chi connectivity index (χ4v) is 1.22. The maximum atomic E-state index is 11.1. The number of aromatic nitrogens is 2. The highest BCUT2D eigenvalue weighted by molar-refractivity contribution is 5.80. The van der Waals surface area contributed by atoms with Gasteiger partial charge in [-0.05, 0) is 6.42 Å². The van der Waals surface area contributed by atoms with Gasteiger partial charge in [-0.1, -0.05) is 0 Å². The van der Waals surface area contributed by atoms with Gasteiger partial charge in [0.1, 0.15) is 0 Å². The standard InChI is InChI=1S/C10H15N3O3/c14-9(2-3-10(15)16)12-4-1-6-13-7-5-11-8-13/h5,7-8H,1-4,6H2,(H,12,14)(H,15,16). The molecule has 0 atom stereocenters. The van der Waals surface area contributed by atoms with Crippen molar-refractivity contribution in [1.82, 2.24) is 14.9 Å². The van der Waals surface area contributed by atoms with Crippen LogP contribution in [-0.2, 0) is 16.1 Å². The minimum Gasteiger partial charge on any atom is -0.481 e. The summed E-state index contributed by atoms with van der Waals surface area (Å²) in [5, 5.41) is 11.0. The molecule has 1 heterocycles. The number of aryl methyl sites for hydroxylation is 1. The molecular formula is C10H15N3O3. The Morgan fingerprint density at radius 3 is 2.81 bits per heavy atom. The van der Waals surface area contributed by atoms with Gasteiger partial charge in [-0.2, -0.15) is 0 Å². The van der Waals surface area contributed by atoms with E-state index in [4.69, 9.17) is 5.11 Å². The molecule has 0 bridgehead atoms. The highest BCUT2D eigenvalue weighted by Crippen LogP contribution is 1.91. The number of amides is 1. The maximum absolute atomic E-state index is 11.1. The second kappa shape index (κ2) is 6.60. The third kappa shape index (κ3) is 5.14. The van der Waals surface area contributed by atoms with Crippen LogP contribution < -0.4 is 5.32 Å². The van der Waals surface area contributed by atoms with Crippen LogP contribution >= 0.6 is 0 Å². The van der Waals surface area contributed by atoms with Crippen LogP contribution in [-0.4, -0.2) is 33.1 Å². The molecule has 1 aromatic heterocycles. The predicted octanol–water partition coefficient (Wildman–Crippen LogP) is 0.254. The molecular weight excluding hydrogens is 210 g/mol. The highest BCUT2D eigenvalue weighted by Gasteiger charge is 2.03. The van der Waals surface area contributed by atoms with E-state index >= 15 is 0 Å². The molecule has 1 aromatic rings. The molecule has 0 fully saturated rings. The first kappa shape index (κ1) is 12.2. The third-order valence-corrected chi connectivity index (χ3v) is 2.04. The summed E-state index contributed by atoms with van der Waals surface area (Å²) in [5.41, 5.74) is 0. The number of hydrogen-bond acceptors (Lipinski definition) is 3. The number of rotatable bonds is 7. The second-order valence-corrected chi connectivity index (χ2v) is 3.40. The number of carboxylic acid groups (broad SMARTS) is 1. The number of carbonyl (C=O) groups is 2. The molecule has 6 nitrogen and oxygen atoms in total. The summed E-state index contributed by atoms with van der Waals surface area (Å²) >= 11 is 0. The molecule has 0 radical (unpaired) electrons. The van der Waals surface area contributed by atoms with Crippen molar-refractivity contribution >= 4 is 11.9 Å². The second-order valence-electron chi connectivity index (χ2n) is 3.40. The van der Waals surface area contributed by atoms with Crippen molar-refractivity contribution in [2.45, 2.75) is 25.8 Å². The van der Waals surface area contributed by atoms with Crippen LogP contribution in [0.4, 0.5) is 0 Å². The van der Waals surface area contributed by atoms with Gasteiger partial charge in [0, 0.05) is 31.9 Å². The van der Waals surface area contributed by atoms with Crippen molar-refractivity contribution in [2.24, 2.45) is 0 Å². The van der Waals surface area contributed by atoms with Gasteiger partial charge in [0.15, 0.2) is 0 Å². The van der Waals surface area contributed by atoms with Gasteiger partial charge < -0.3 is 15.0 Å². The summed E-state index contributed by atoms with van der Waals surface area (Å²) in [5.74, 6) is -1.17. The first-order chi connectivity index (χ1) is 7.68. The fraction of sp³-hybridized carbons (Fsp3) is 0.500. The van der Waals surface area contributed by atoms with Gasteiger partial charge in [-0.25, -0.2) is 4.98 Å². The summed E-state index contributed by atoms with van der Waals surface area (Å²) < 4.78 is 1.92. The van der Waals surface area contributed by atoms with Gasteiger partial charge in [-0.15, -0.1) is 0 Å². The predicted molar refractivity (Wildman–Crippen MR) is 56.7 cm³/mol. The Morgan fingerprint density at radius 2 is 2.19 bits per heavy atom. The van der Waals surface area contributed by atoms with Gasteiger partial charge >= 0.3 is 5.97 Å². The third-order valence-electron chi connectivity index (χ3n) is 2.04. The molecule has 6 heteroatoms. The number of hydrogen-bond donors (Lipinski definition) is 2. The Bertz CT molecular complexity index is 335. The van der Waals surface area contributed by atoms with Gasteiger partial charge in [0.2, 0.25) is 5.91 Å². The zero-order chi connectivity index (χ0) is 11.8. The SMILES string of the molecule is O=C(O)CCC(=O)NCCCn1ccnc1. The van der Waals surface area contributed by atoms with Crippen LogP contribution in [0, 0.1) is 0 Å². The minimum absolute atomic E-state index is 0.0421. The number of imidazole rings is 1. The molecule has 0 aliphatic heterocycles. The van der Waals surface area contributed by atoms with E-state index in [1.54, 1.807) is 12.5 Å². The first-order valence-electron chi connectivity index (χ1n) is 5.12. The molecule has 88 valence electrons. The van der Waals surface area contributed by atoms with Gasteiger partial charge in [-0.3, -0.25) is 9.59 Å². The Hall–Kier alpha value is -1.85. The lowest BCUT2D eigenvalue weighted by Gasteiger charge is -2.04. The van der Waals surface area contributed by atoms with Crippen molar-refractivity contribution in [1.29, 1.82) is 0 Å². The highest BCUT2D eigenvalue weighted by atomic mass is 16.4. The number of nitrogens with zero attached hydrogens (tertiary/aromatic N) is 2. The van der Waals surface area contributed by atoms with E-state index in [2.05, 4.69) is 10.3 Å². The smallest absolute Gasteiger partial charge is 0.303 e. The average molecular weight is 225 g/mol. The molecule has 0 saturated heterocycles. The van der Waals surface area contributed by atoms with E-state index in [1.165, 1.54) is 0 Å². The average Bonchev–Trinajstić information content (AvgIpc) is 2.74. The quantitative estimate of drug-likeness (QED) is 0.652. The molecule has 0 spiro atoms. The van der Waals surface area contributed by atoms with Crippen LogP contribution in [0.3, 0.4) is 0 Å². The van der Waals surface area contributed by atoms with Gasteiger partial charge in [0.05, 0.1) is 12.7 Å². The van der Waals surface area contributed by atoms with Crippen LogP contribution in [0.2, 0.25) is 0 Å². The molecule has 16 heavy (non-hydrogen) atoms. The number of carbonyl (C=O) groups excluding carboxylic acids is 1. The lowest BCUT2D eigenvalue weighted by atomic mass is 10.3. The summed E-state index contributed by atoms with van der Waals surface area (Å²) in [6.07, 6.45) is 5.99. The van der Waals surface area contributed by atoms with Gasteiger partial charge in [0.25, 0.3) is 0 Å². The summed E-state index contributed by atoms with van der Waals surface area (Å²) in [6.45, 7) is 1.34. The lowest BCUT2D eigenvalue weighted by Crippen LogP contribution is -2.25. The van der Waals surface area contributed by atoms with E-state index in [0.29, 0.717) is 6.54 Å². The monoisotopic (exact) mass is 225 g/mol. The van der Waals surface area contributed by atoms with Crippen molar-refractivity contribution in [3.63, 3.8) is 0 Å². The summed E-state index contributed by atoms with van der Waals surface area (Å²) in [7, 11) is 0. The van der Waals surface area contributed by atoms with Crippen LogP contribution in [0.1, 0.15) is 19.3 Å². The molecule has 0 unspecified atom stereocenters. The number of nitrogens with one attached hydrogen (secondary N) is 1. The van der Waals surface area contributed by atoms with Crippen molar-refractivity contribution in [3.05, 3.63) is 18.7 Å². The number of aliphatic carboxylic acids is 1. The van der Waals surface area contributed by atoms with E-state index in [1.807, 2.05) is 10.8 Å². The molecule has 0 saturated carbocycles. The molecule has 1 rings (SSSR count). The maximum Gasteiger partial charge on any atom is 0.303 e. The van der Waals surface area contributed by atoms with E-state index < -0.39 is 5.97 Å². The largest absolute Gasteiger partial charge is 0.481 e. The fourth-order valence-electron chi connectivity index (χ4n) is 1.22. The van der Waals surface area contributed by atoms with Crippen LogP contribution in [0.25, 0.3) is 0 Å². The molecule has 2 N–H and O–H groups in total. The Morgan fingerprint density at radius 1 is 1.38 bits per heavy atom. The van der Waals surface area contributed by atoms with E-state index in [9.17, 15) is 9.59 Å². The Kier molecular flexibility index (Phi) is 5.04. The van der Waals surface area contributed by atoms with Crippen LogP contribution in [0.5, 0.6) is 0 Å². The van der Waals surface area contributed by atoms with Crippen LogP contribution in [0.15, 0.2) is 18.7 Å². The molecule has 0 aliphatic rings. The zero-order valence-corrected chi connectivity index (χ0v) is 8.93. The topological polar surface area (TPSA) is 84.2 Å². The summed E-state index contributed by atoms with van der Waals surface area (Å²) in [6, 6.07) is 0. The Balaban J connectivity index is 2.02. The van der Waals surface area contributed by atoms with E-state index in [-0.39, 0.29) is 18.7 Å². The Labute approximate surface area is 93.3 Å². The minimum atomic E-state index is -0.950. The van der Waals surface area contributed by atoms with Crippen molar-refractivity contribution in [3.8, 4) is 0 Å². The normalized spacial score (nSPS) is 10.0. The van der Waals surface area contributed by atoms with E-state index in [0.717, 1.165) is 13.0 Å². The lowest BCUT2D eigenvalue weighted by molar-refractivity contribution is -0.138. The first-order valence-corrected chi connectivity index (χ1v) is 5.12. The number of carboxylic acids is 1. The summed E-state index contributed by atoms with van der Waals surface area (Å²) in [4.78, 5) is 25.2. The molecule has 0 aliphatic carbocycles. The van der Waals surface area contributed by atoms with Crippen molar-refractivity contribution < 1.29 is 14.7 Å². The van der Waals surface area contributed by atoms with Crippen molar-refractivity contribution in [2.75, 3.05) is 6.54 Å². The molecule has 0 aromatic carbocycles.